The Morgan fingerprint density at radius 1 is 1.05 bits per heavy atom. The van der Waals surface area contributed by atoms with Crippen LogP contribution in [0.3, 0.4) is 0 Å². The first-order valence-corrected chi connectivity index (χ1v) is 13.6. The average molecular weight is 580 g/mol. The molecule has 11 heteroatoms. The molecule has 0 radical (unpaired) electrons. The Morgan fingerprint density at radius 3 is 2.59 bits per heavy atom. The average Bonchev–Trinajstić information content (AvgIpc) is 2.94. The Morgan fingerprint density at radius 2 is 1.85 bits per heavy atom. The molecule has 41 heavy (non-hydrogen) atoms. The smallest absolute Gasteiger partial charge is 0.411 e. The predicted molar refractivity (Wildman–Crippen MR) is 160 cm³/mol. The lowest BCUT2D eigenvalue weighted by Gasteiger charge is -2.18. The van der Waals surface area contributed by atoms with E-state index in [1.165, 1.54) is 4.90 Å². The molecule has 0 saturated carbocycles. The number of benzene rings is 2. The van der Waals surface area contributed by atoms with Crippen LogP contribution in [0.5, 0.6) is 0 Å². The molecule has 3 N–H and O–H groups in total. The van der Waals surface area contributed by atoms with Crippen molar-refractivity contribution in [3.63, 3.8) is 0 Å². The molecule has 0 saturated heterocycles. The van der Waals surface area contributed by atoms with Crippen LogP contribution in [0.15, 0.2) is 54.7 Å². The van der Waals surface area contributed by atoms with Crippen molar-refractivity contribution >= 4 is 53.0 Å². The molecule has 4 amide bonds. The van der Waals surface area contributed by atoms with Crippen LogP contribution in [0.2, 0.25) is 5.02 Å². The quantitative estimate of drug-likeness (QED) is 0.224. The highest BCUT2D eigenvalue weighted by Gasteiger charge is 2.15. The summed E-state index contributed by atoms with van der Waals surface area (Å²) in [5.41, 5.74) is 4.50. The molecule has 0 aliphatic rings. The van der Waals surface area contributed by atoms with E-state index in [4.69, 9.17) is 16.3 Å². The number of hydrogen-bond donors (Lipinski definition) is 3. The number of halogens is 1. The Labute approximate surface area is 244 Å². The van der Waals surface area contributed by atoms with Gasteiger partial charge in [-0.05, 0) is 66.9 Å². The van der Waals surface area contributed by atoms with Crippen molar-refractivity contribution in [1.29, 1.82) is 0 Å². The number of nitrogens with zero attached hydrogens (tertiary/aromatic N) is 2. The molecule has 0 aliphatic carbocycles. The second kappa shape index (κ2) is 15.4. The molecule has 3 aromatic rings. The summed E-state index contributed by atoms with van der Waals surface area (Å²) in [6.45, 7) is 4.04. The molecule has 0 unspecified atom stereocenters. The van der Waals surface area contributed by atoms with Gasteiger partial charge in [-0.2, -0.15) is 0 Å². The SMILES string of the molecule is CCCCC(=O)Nc1cc(NC=O)ccc1-c1ccnc(CC(=O)N(C)CCOC(=O)Nc2ccc(Cl)cc2C)c1. The third-order valence-corrected chi connectivity index (χ3v) is 6.48. The number of hydrogen-bond acceptors (Lipinski definition) is 6. The minimum absolute atomic E-state index is 0.0104. The van der Waals surface area contributed by atoms with Crippen LogP contribution in [0.25, 0.3) is 11.1 Å². The molecule has 0 aliphatic heterocycles. The van der Waals surface area contributed by atoms with E-state index in [0.717, 1.165) is 29.5 Å². The summed E-state index contributed by atoms with van der Waals surface area (Å²) in [7, 11) is 1.62. The zero-order chi connectivity index (χ0) is 29.8. The van der Waals surface area contributed by atoms with E-state index in [2.05, 4.69) is 20.9 Å². The molecule has 3 rings (SSSR count). The number of nitrogens with one attached hydrogen (secondary N) is 3. The van der Waals surface area contributed by atoms with Gasteiger partial charge in [-0.1, -0.05) is 31.0 Å². The van der Waals surface area contributed by atoms with Gasteiger partial charge in [-0.15, -0.1) is 0 Å². The minimum Gasteiger partial charge on any atom is -0.447 e. The molecule has 10 nitrogen and oxygen atoms in total. The molecule has 216 valence electrons. The van der Waals surface area contributed by atoms with Gasteiger partial charge in [-0.3, -0.25) is 24.7 Å². The maximum atomic E-state index is 12.9. The van der Waals surface area contributed by atoms with Gasteiger partial charge in [0, 0.05) is 41.6 Å². The van der Waals surface area contributed by atoms with Crippen LogP contribution in [0.4, 0.5) is 21.9 Å². The monoisotopic (exact) mass is 579 g/mol. The Hall–Kier alpha value is -4.44. The number of carbonyl (C=O) groups is 4. The fourth-order valence-electron chi connectivity index (χ4n) is 3.95. The highest BCUT2D eigenvalue weighted by Crippen LogP contribution is 2.31. The first kappa shape index (κ1) is 31.1. The number of anilines is 3. The maximum absolute atomic E-state index is 12.9. The number of pyridine rings is 1. The van der Waals surface area contributed by atoms with Gasteiger partial charge in [-0.25, -0.2) is 4.79 Å². The van der Waals surface area contributed by atoms with Gasteiger partial charge in [0.25, 0.3) is 0 Å². The normalized spacial score (nSPS) is 10.4. The van der Waals surface area contributed by atoms with Crippen molar-refractivity contribution in [3.8, 4) is 11.1 Å². The number of amides is 4. The summed E-state index contributed by atoms with van der Waals surface area (Å²) >= 11 is 5.94. The van der Waals surface area contributed by atoms with Crippen molar-refractivity contribution in [3.05, 3.63) is 71.0 Å². The molecule has 0 bridgehead atoms. The lowest BCUT2D eigenvalue weighted by atomic mass is 10.0. The maximum Gasteiger partial charge on any atom is 0.411 e. The number of unbranched alkanes of at least 4 members (excludes halogenated alkanes) is 1. The van der Waals surface area contributed by atoms with Crippen molar-refractivity contribution < 1.29 is 23.9 Å². The van der Waals surface area contributed by atoms with Crippen LogP contribution in [0, 0.1) is 6.92 Å². The summed E-state index contributed by atoms with van der Waals surface area (Å²) in [4.78, 5) is 54.2. The van der Waals surface area contributed by atoms with Crippen molar-refractivity contribution in [2.75, 3.05) is 36.1 Å². The molecular weight excluding hydrogens is 546 g/mol. The van der Waals surface area contributed by atoms with Crippen LogP contribution in [0.1, 0.15) is 37.4 Å². The van der Waals surface area contributed by atoms with E-state index in [1.807, 2.05) is 13.8 Å². The summed E-state index contributed by atoms with van der Waals surface area (Å²) in [6, 6.07) is 13.9. The number of aryl methyl sites for hydroxylation is 1. The standard InChI is InChI=1S/C30H34ClN5O5/c1-4-5-6-28(38)34-27-17-23(33-19-37)8-9-25(27)21-11-12-32-24(16-21)18-29(39)36(3)13-14-41-30(40)35-26-10-7-22(31)15-20(26)2/h7-12,15-17,19H,4-6,13-14,18H2,1-3H3,(H,33,37)(H,34,38)(H,35,40). The number of ether oxygens (including phenoxy) is 1. The summed E-state index contributed by atoms with van der Waals surface area (Å²) in [5.74, 6) is -0.326. The molecular formula is C30H34ClN5O5. The second-order valence-corrected chi connectivity index (χ2v) is 9.86. The highest BCUT2D eigenvalue weighted by molar-refractivity contribution is 6.30. The van der Waals surface area contributed by atoms with E-state index in [0.29, 0.717) is 40.6 Å². The fourth-order valence-corrected chi connectivity index (χ4v) is 4.18. The number of likely N-dealkylation sites (N-methyl/N-ethyl adjacent to an activating group) is 1. The first-order chi connectivity index (χ1) is 19.7. The summed E-state index contributed by atoms with van der Waals surface area (Å²) < 4.78 is 5.22. The lowest BCUT2D eigenvalue weighted by molar-refractivity contribution is -0.129. The Kier molecular flexibility index (Phi) is 11.7. The highest BCUT2D eigenvalue weighted by atomic mass is 35.5. The van der Waals surface area contributed by atoms with Crippen molar-refractivity contribution in [2.45, 2.75) is 39.5 Å². The molecule has 1 aromatic heterocycles. The van der Waals surface area contributed by atoms with Gasteiger partial charge >= 0.3 is 6.09 Å². The topological polar surface area (TPSA) is 130 Å². The lowest BCUT2D eigenvalue weighted by Crippen LogP contribution is -2.32. The van der Waals surface area contributed by atoms with Crippen LogP contribution >= 0.6 is 11.6 Å². The zero-order valence-electron chi connectivity index (χ0n) is 23.3. The van der Waals surface area contributed by atoms with E-state index < -0.39 is 6.09 Å². The van der Waals surface area contributed by atoms with Gasteiger partial charge in [0.05, 0.1) is 24.3 Å². The van der Waals surface area contributed by atoms with Gasteiger partial charge in [0.2, 0.25) is 18.2 Å². The number of rotatable bonds is 13. The fraction of sp³-hybridized carbons (Fsp3) is 0.300. The number of aromatic nitrogens is 1. The summed E-state index contributed by atoms with van der Waals surface area (Å²) in [5, 5.41) is 8.76. The largest absolute Gasteiger partial charge is 0.447 e. The molecule has 0 fully saturated rings. The number of carbonyl (C=O) groups excluding carboxylic acids is 4. The van der Waals surface area contributed by atoms with Crippen LogP contribution in [-0.2, 0) is 25.5 Å². The third-order valence-electron chi connectivity index (χ3n) is 6.25. The molecule has 1 heterocycles. The van der Waals surface area contributed by atoms with E-state index in [9.17, 15) is 19.2 Å². The Balaban J connectivity index is 1.61. The van der Waals surface area contributed by atoms with Crippen LogP contribution in [-0.4, -0.2) is 54.4 Å². The molecule has 2 aromatic carbocycles. The van der Waals surface area contributed by atoms with Crippen molar-refractivity contribution in [2.24, 2.45) is 0 Å². The Bertz CT molecular complexity index is 1400. The van der Waals surface area contributed by atoms with Crippen molar-refractivity contribution in [1.82, 2.24) is 9.88 Å². The zero-order valence-corrected chi connectivity index (χ0v) is 24.1. The minimum atomic E-state index is -0.627. The molecule has 0 atom stereocenters. The van der Waals surface area contributed by atoms with Crippen LogP contribution < -0.4 is 16.0 Å². The predicted octanol–water partition coefficient (Wildman–Crippen LogP) is 5.66. The third kappa shape index (κ3) is 9.61. The van der Waals surface area contributed by atoms with Gasteiger partial charge < -0.3 is 20.3 Å². The van der Waals surface area contributed by atoms with E-state index in [1.54, 1.807) is 61.8 Å². The van der Waals surface area contributed by atoms with Gasteiger partial charge in [0.1, 0.15) is 6.61 Å². The molecule has 0 spiro atoms. The first-order valence-electron chi connectivity index (χ1n) is 13.2. The summed E-state index contributed by atoms with van der Waals surface area (Å²) in [6.07, 6.45) is 3.62. The van der Waals surface area contributed by atoms with Gasteiger partial charge in [0.15, 0.2) is 0 Å². The van der Waals surface area contributed by atoms with E-state index in [-0.39, 0.29) is 31.4 Å². The van der Waals surface area contributed by atoms with E-state index >= 15 is 0 Å². The second-order valence-electron chi connectivity index (χ2n) is 9.42.